The van der Waals surface area contributed by atoms with Crippen LogP contribution in [0.5, 0.6) is 0 Å². The molecule has 0 spiro atoms. The van der Waals surface area contributed by atoms with Crippen molar-refractivity contribution in [2.45, 2.75) is 0 Å². The zero-order chi connectivity index (χ0) is 0. The highest BCUT2D eigenvalue weighted by molar-refractivity contribution is 8.93. The first-order valence-electron chi connectivity index (χ1n) is 0. The molecule has 0 nitrogen and oxygen atoms in total. The van der Waals surface area contributed by atoms with Crippen LogP contribution in [-0.2, 0) is 0 Å². The van der Waals surface area contributed by atoms with E-state index in [1.165, 1.54) is 0 Å². The highest BCUT2D eigenvalue weighted by atomic mass is 79.9. The predicted octanol–water partition coefficient (Wildman–Crippen LogP) is 2.58. The first kappa shape index (κ1) is 62.3. The molecule has 0 amide bonds. The smallest absolute Gasteiger partial charge is 0.114 e. The van der Waals surface area contributed by atoms with Gasteiger partial charge in [-0.2, -0.15) is 0 Å². The van der Waals surface area contributed by atoms with Crippen LogP contribution in [-0.4, -0.2) is 0 Å². The lowest BCUT2D eigenvalue weighted by atomic mass is 35.5. The zero-order valence-corrected chi connectivity index (χ0v) is 8.81. The average molecular weight is 316 g/mol. The largest absolute Gasteiger partial charge is 0.147 e. The second-order valence-corrected chi connectivity index (χ2v) is 0. The van der Waals surface area contributed by atoms with Crippen LogP contribution in [0.4, 0.5) is 0 Å². The predicted molar refractivity (Wildman–Crippen MR) is 45.5 cm³/mol. The Morgan fingerprint density at radius 1 is 0.400 bits per heavy atom. The van der Waals surface area contributed by atoms with Gasteiger partial charge in [-0.15, -0.1) is 75.8 Å². The Morgan fingerprint density at radius 3 is 0.400 bits per heavy atom. The van der Waals surface area contributed by atoms with E-state index in [0.717, 1.165) is 0 Å². The van der Waals surface area contributed by atoms with Gasteiger partial charge in [-0.05, 0) is 0 Å². The fraction of sp³-hybridized carbons (Fsp3) is 0. The molecule has 0 aliphatic rings. The van der Waals surface area contributed by atoms with Gasteiger partial charge in [-0.1, -0.05) is 0 Å². The quantitative estimate of drug-likeness (QED) is 0.644. The first-order chi connectivity index (χ1) is 0. The van der Waals surface area contributed by atoms with Gasteiger partial charge in [0.15, 0.2) is 0 Å². The topological polar surface area (TPSA) is 0 Å². The summed E-state index contributed by atoms with van der Waals surface area (Å²) < 4.78 is 0. The molecule has 0 bridgehead atoms. The van der Waals surface area contributed by atoms with Crippen LogP contribution in [0.3, 0.4) is 0 Å². The molecular formula is H5Br3Cl2. The normalized spacial score (nSPS) is 0. The fourth-order valence-electron chi connectivity index (χ4n) is 0. The van der Waals surface area contributed by atoms with E-state index in [0.29, 0.717) is 0 Å². The number of halogens is 5. The molecule has 0 rings (SSSR count). The third-order valence-electron chi connectivity index (χ3n) is 0. The average Bonchev–Trinajstić information content (AvgIpc) is 0. The molecular weight excluding hydrogens is 311 g/mol. The lowest BCUT2D eigenvalue weighted by Gasteiger charge is -0.148. The third kappa shape index (κ3) is 23.8. The van der Waals surface area contributed by atoms with E-state index in [1.54, 1.807) is 0 Å². The van der Waals surface area contributed by atoms with Gasteiger partial charge in [0.1, 0.15) is 0 Å². The second-order valence-electron chi connectivity index (χ2n) is 0. The molecule has 5 heavy (non-hydrogen) atoms. The van der Waals surface area contributed by atoms with Crippen molar-refractivity contribution in [2.75, 3.05) is 0 Å². The molecule has 0 heterocycles. The number of rotatable bonds is 0. The molecule has 0 aliphatic heterocycles. The Kier molecular flexibility index (Phi) is 464. The number of hydrogen-bond acceptors (Lipinski definition) is 0. The SMILES string of the molecule is Br.Br.Br.Cl.Cl. The van der Waals surface area contributed by atoms with Crippen molar-refractivity contribution in [1.82, 2.24) is 0 Å². The van der Waals surface area contributed by atoms with Crippen molar-refractivity contribution < 1.29 is 0 Å². The lowest BCUT2D eigenvalue weighted by Crippen LogP contribution is 0.689. The van der Waals surface area contributed by atoms with E-state index >= 15 is 0 Å². The Hall–Kier alpha value is 2.02. The molecule has 0 N–H and O–H groups in total. The lowest BCUT2D eigenvalue weighted by molar-refractivity contribution is 5.85. The van der Waals surface area contributed by atoms with Gasteiger partial charge >= 0.3 is 0 Å². The molecule has 40 valence electrons. The van der Waals surface area contributed by atoms with E-state index in [1.807, 2.05) is 0 Å². The van der Waals surface area contributed by atoms with Gasteiger partial charge < -0.3 is 0 Å². The summed E-state index contributed by atoms with van der Waals surface area (Å²) in [4.78, 5) is 0. The van der Waals surface area contributed by atoms with Crippen LogP contribution < -0.4 is 0 Å². The maximum Gasteiger partial charge on any atom is -0.114 e. The molecule has 0 atom stereocenters. The highest BCUT2D eigenvalue weighted by Gasteiger charge is -0.111. The van der Waals surface area contributed by atoms with Crippen molar-refractivity contribution in [3.8, 4) is 0 Å². The molecule has 0 aromatic heterocycles. The molecule has 0 radical (unpaired) electrons. The van der Waals surface area contributed by atoms with Gasteiger partial charge in [-0.3, -0.25) is 0 Å². The van der Waals surface area contributed by atoms with Crippen molar-refractivity contribution in [3.05, 3.63) is 0 Å². The van der Waals surface area contributed by atoms with Crippen LogP contribution in [0.15, 0.2) is 0 Å². The third-order valence-corrected chi connectivity index (χ3v) is 0. The van der Waals surface area contributed by atoms with Crippen LogP contribution >= 0.6 is 75.8 Å². The van der Waals surface area contributed by atoms with Crippen LogP contribution in [0.1, 0.15) is 0 Å². The number of hydrogen-bond donors (Lipinski definition) is 0. The second kappa shape index (κ2) is 37.2. The standard InChI is InChI=1S/3BrH.2ClH/h5*1H. The molecule has 0 aromatic carbocycles. The van der Waals surface area contributed by atoms with Gasteiger partial charge in [0, 0.05) is 0 Å². The molecule has 0 aromatic rings. The zero-order valence-electron chi connectivity index (χ0n) is 2.04. The van der Waals surface area contributed by atoms with Gasteiger partial charge in [0.25, 0.3) is 0 Å². The Bertz CT molecular complexity index is 4.85. The van der Waals surface area contributed by atoms with E-state index < -0.39 is 0 Å². The molecule has 0 unspecified atom stereocenters. The van der Waals surface area contributed by atoms with E-state index in [2.05, 4.69) is 0 Å². The maximum atomic E-state index is 0. The summed E-state index contributed by atoms with van der Waals surface area (Å²) in [5.41, 5.74) is 0. The highest BCUT2D eigenvalue weighted by Crippen LogP contribution is 0.848. The van der Waals surface area contributed by atoms with Crippen molar-refractivity contribution >= 4 is 75.8 Å². The molecule has 5 heteroatoms. The van der Waals surface area contributed by atoms with E-state index in [4.69, 9.17) is 0 Å². The van der Waals surface area contributed by atoms with Gasteiger partial charge in [-0.25, -0.2) is 0 Å². The Morgan fingerprint density at radius 2 is 0.400 bits per heavy atom. The summed E-state index contributed by atoms with van der Waals surface area (Å²) in [6, 6.07) is 0. The summed E-state index contributed by atoms with van der Waals surface area (Å²) in [5.74, 6) is 0. The summed E-state index contributed by atoms with van der Waals surface area (Å²) in [7, 11) is 0. The van der Waals surface area contributed by atoms with Crippen LogP contribution in [0, 0.1) is 0 Å². The minimum atomic E-state index is 0. The van der Waals surface area contributed by atoms with Crippen LogP contribution in [0.2, 0.25) is 0 Å². The van der Waals surface area contributed by atoms with Gasteiger partial charge in [0.05, 0.1) is 0 Å². The van der Waals surface area contributed by atoms with E-state index in [9.17, 15) is 0 Å². The minimum absolute atomic E-state index is 0. The minimum Gasteiger partial charge on any atom is -0.147 e. The molecule has 0 saturated heterocycles. The van der Waals surface area contributed by atoms with Crippen molar-refractivity contribution in [1.29, 1.82) is 0 Å². The van der Waals surface area contributed by atoms with E-state index in [-0.39, 0.29) is 75.8 Å². The first-order valence-corrected chi connectivity index (χ1v) is 0. The summed E-state index contributed by atoms with van der Waals surface area (Å²) >= 11 is 0. The maximum absolute atomic E-state index is 0. The van der Waals surface area contributed by atoms with Crippen molar-refractivity contribution in [3.63, 3.8) is 0 Å². The summed E-state index contributed by atoms with van der Waals surface area (Å²) in [5, 5.41) is 0. The molecule has 0 aliphatic carbocycles. The molecule has 0 fully saturated rings. The molecule has 0 saturated carbocycles. The summed E-state index contributed by atoms with van der Waals surface area (Å²) in [6.07, 6.45) is 0. The Labute approximate surface area is 75.2 Å². The van der Waals surface area contributed by atoms with Crippen molar-refractivity contribution in [2.24, 2.45) is 0 Å². The Balaban J connectivity index is 0. The van der Waals surface area contributed by atoms with Gasteiger partial charge in [0.2, 0.25) is 0 Å². The van der Waals surface area contributed by atoms with Crippen LogP contribution in [0.25, 0.3) is 0 Å². The monoisotopic (exact) mass is 312 g/mol. The summed E-state index contributed by atoms with van der Waals surface area (Å²) in [6.45, 7) is 0. The fourth-order valence-corrected chi connectivity index (χ4v) is 0.